The molecule has 5 atom stereocenters. The fourth-order valence-electron chi connectivity index (χ4n) is 4.95. The van der Waals surface area contributed by atoms with E-state index < -0.39 is 60.3 Å². The van der Waals surface area contributed by atoms with Gasteiger partial charge in [0.1, 0.15) is 29.8 Å². The maximum Gasteiger partial charge on any atom is 0.340 e. The van der Waals surface area contributed by atoms with Crippen molar-refractivity contribution >= 4 is 17.8 Å². The van der Waals surface area contributed by atoms with Gasteiger partial charge in [0.05, 0.1) is 32.1 Å². The van der Waals surface area contributed by atoms with Gasteiger partial charge < -0.3 is 29.0 Å². The molecule has 2 aliphatic rings. The second-order valence-electron chi connectivity index (χ2n) is 9.68. The summed E-state index contributed by atoms with van der Waals surface area (Å²) in [6.07, 6.45) is -1.42. The van der Waals surface area contributed by atoms with Crippen molar-refractivity contribution in [2.75, 3.05) is 19.8 Å². The van der Waals surface area contributed by atoms with Crippen LogP contribution in [0.1, 0.15) is 38.2 Å². The first-order chi connectivity index (χ1) is 20.4. The van der Waals surface area contributed by atoms with Crippen LogP contribution >= 0.6 is 0 Å². The fraction of sp³-hybridized carbons (Fsp3) is 0.414. The van der Waals surface area contributed by atoms with Gasteiger partial charge in [0.2, 0.25) is 11.9 Å². The van der Waals surface area contributed by atoms with E-state index in [0.717, 1.165) is 5.56 Å². The van der Waals surface area contributed by atoms with Gasteiger partial charge in [-0.05, 0) is 26.0 Å². The van der Waals surface area contributed by atoms with Gasteiger partial charge in [0, 0.05) is 17.5 Å². The zero-order chi connectivity index (χ0) is 29.6. The molecule has 42 heavy (non-hydrogen) atoms. The molecular formula is C29H31FN4O8. The van der Waals surface area contributed by atoms with E-state index in [1.54, 1.807) is 36.9 Å². The molecule has 3 heterocycles. The Morgan fingerprint density at radius 1 is 1.05 bits per heavy atom. The number of carbonyl (C=O) groups is 3. The quantitative estimate of drug-likeness (QED) is 0.296. The predicted molar refractivity (Wildman–Crippen MR) is 143 cm³/mol. The number of ether oxygens (including phenoxy) is 5. The molecule has 1 amide bonds. The van der Waals surface area contributed by atoms with Gasteiger partial charge in [-0.15, -0.1) is 5.10 Å². The lowest BCUT2D eigenvalue weighted by Crippen LogP contribution is -2.58. The van der Waals surface area contributed by atoms with Crippen LogP contribution in [0, 0.1) is 5.82 Å². The highest BCUT2D eigenvalue weighted by Crippen LogP contribution is 2.39. The Bertz CT molecular complexity index is 1390. The minimum Gasteiger partial charge on any atom is -0.464 e. The third kappa shape index (κ3) is 6.48. The molecule has 1 unspecified atom stereocenters. The van der Waals surface area contributed by atoms with E-state index in [1.165, 1.54) is 12.1 Å². The number of nitrogens with zero attached hydrogens (tertiary/aromatic N) is 3. The van der Waals surface area contributed by atoms with E-state index in [2.05, 4.69) is 15.6 Å². The first-order valence-corrected chi connectivity index (χ1v) is 13.7. The van der Waals surface area contributed by atoms with Crippen molar-refractivity contribution in [3.05, 3.63) is 72.2 Å². The Hall–Kier alpha value is -4.20. The molecule has 3 aromatic rings. The summed E-state index contributed by atoms with van der Waals surface area (Å²) in [4.78, 5) is 38.3. The zero-order valence-electron chi connectivity index (χ0n) is 23.1. The average Bonchev–Trinajstić information content (AvgIpc) is 3.50. The number of nitrogens with one attached hydrogen (secondary N) is 1. The topological polar surface area (TPSA) is 140 Å². The van der Waals surface area contributed by atoms with Crippen LogP contribution in [-0.2, 0) is 38.1 Å². The molecule has 222 valence electrons. The Morgan fingerprint density at radius 2 is 1.79 bits per heavy atom. The Morgan fingerprint density at radius 3 is 2.48 bits per heavy atom. The molecule has 5 rings (SSSR count). The van der Waals surface area contributed by atoms with Crippen molar-refractivity contribution in [3.8, 4) is 11.3 Å². The summed E-state index contributed by atoms with van der Waals surface area (Å²) in [6, 6.07) is 13.1. The number of amides is 1. The van der Waals surface area contributed by atoms with Crippen LogP contribution in [0.25, 0.3) is 11.3 Å². The van der Waals surface area contributed by atoms with Crippen LogP contribution in [0.3, 0.4) is 0 Å². The number of esters is 2. The standard InChI is InChI=1S/C29H31FN4O8/c1-3-38-27(36)24(28(37)39-4-2)31-26(35)22-14-21(34-15-20(32-33-34)18-11-8-12-19(30)13-18)25-23(41-22)16-40-29(42-25)17-9-6-5-7-10-17/h5-13,15,21-25,29H,3-4,14,16H2,1-2H3,(H,31,35)/t21-,22-,23-,25-,29?/m1/s1. The molecule has 2 aliphatic heterocycles. The summed E-state index contributed by atoms with van der Waals surface area (Å²) in [5.41, 5.74) is 1.76. The van der Waals surface area contributed by atoms with Crippen molar-refractivity contribution in [2.45, 2.75) is 57.0 Å². The molecule has 13 heteroatoms. The van der Waals surface area contributed by atoms with Crippen LogP contribution in [0.5, 0.6) is 0 Å². The third-order valence-corrected chi connectivity index (χ3v) is 6.90. The number of carbonyl (C=O) groups excluding carboxylic acids is 3. The monoisotopic (exact) mass is 582 g/mol. The Labute approximate surface area is 241 Å². The van der Waals surface area contributed by atoms with E-state index in [-0.39, 0.29) is 26.2 Å². The zero-order valence-corrected chi connectivity index (χ0v) is 23.1. The second kappa shape index (κ2) is 13.2. The summed E-state index contributed by atoms with van der Waals surface area (Å²) >= 11 is 0. The lowest BCUT2D eigenvalue weighted by Gasteiger charge is -2.45. The molecule has 2 fully saturated rings. The van der Waals surface area contributed by atoms with Crippen molar-refractivity contribution in [3.63, 3.8) is 0 Å². The molecule has 2 saturated heterocycles. The lowest BCUT2D eigenvalue weighted by molar-refractivity contribution is -0.297. The maximum absolute atomic E-state index is 13.9. The first kappa shape index (κ1) is 29.3. The summed E-state index contributed by atoms with van der Waals surface area (Å²) < 4.78 is 43.7. The highest BCUT2D eigenvalue weighted by atomic mass is 19.1. The molecule has 12 nitrogen and oxygen atoms in total. The van der Waals surface area contributed by atoms with Crippen LogP contribution in [0.2, 0.25) is 0 Å². The Balaban J connectivity index is 1.41. The molecular weight excluding hydrogens is 551 g/mol. The van der Waals surface area contributed by atoms with Crippen molar-refractivity contribution in [2.24, 2.45) is 0 Å². The van der Waals surface area contributed by atoms with Crippen LogP contribution < -0.4 is 5.32 Å². The number of halogens is 1. The summed E-state index contributed by atoms with van der Waals surface area (Å²) in [5, 5.41) is 10.9. The fourth-order valence-corrected chi connectivity index (χ4v) is 4.95. The summed E-state index contributed by atoms with van der Waals surface area (Å²) in [6.45, 7) is 3.27. The SMILES string of the molecule is CCOC(=O)C(NC(=O)[C@H]1C[C@@H](n2cc(-c3cccc(F)c3)nn2)[C@H]2OC(c3ccccc3)OC[C@H]2O1)C(=O)OCC. The van der Waals surface area contributed by atoms with Crippen LogP contribution in [-0.4, -0.2) is 77.0 Å². The number of fused-ring (bicyclic) bond motifs is 1. The van der Waals surface area contributed by atoms with Gasteiger partial charge in [0.15, 0.2) is 6.29 Å². The van der Waals surface area contributed by atoms with Gasteiger partial charge in [-0.2, -0.15) is 0 Å². The minimum absolute atomic E-state index is 0.00751. The molecule has 0 saturated carbocycles. The highest BCUT2D eigenvalue weighted by molar-refractivity contribution is 6.03. The molecule has 1 aromatic heterocycles. The van der Waals surface area contributed by atoms with Gasteiger partial charge >= 0.3 is 11.9 Å². The average molecular weight is 583 g/mol. The lowest BCUT2D eigenvalue weighted by atomic mass is 9.93. The number of benzene rings is 2. The van der Waals surface area contributed by atoms with Gasteiger partial charge in [-0.1, -0.05) is 47.7 Å². The van der Waals surface area contributed by atoms with E-state index in [9.17, 15) is 18.8 Å². The van der Waals surface area contributed by atoms with Crippen molar-refractivity contribution in [1.82, 2.24) is 20.3 Å². The van der Waals surface area contributed by atoms with Crippen molar-refractivity contribution < 1.29 is 42.5 Å². The molecule has 0 aliphatic carbocycles. The van der Waals surface area contributed by atoms with Gasteiger partial charge in [-0.25, -0.2) is 18.7 Å². The second-order valence-corrected chi connectivity index (χ2v) is 9.68. The largest absolute Gasteiger partial charge is 0.464 e. The van der Waals surface area contributed by atoms with Gasteiger partial charge in [-0.3, -0.25) is 4.79 Å². The highest BCUT2D eigenvalue weighted by Gasteiger charge is 2.48. The van der Waals surface area contributed by atoms with E-state index in [4.69, 9.17) is 23.7 Å². The molecule has 2 aromatic carbocycles. The van der Waals surface area contributed by atoms with E-state index in [0.29, 0.717) is 11.3 Å². The Kier molecular flexibility index (Phi) is 9.20. The molecule has 0 spiro atoms. The number of aromatic nitrogens is 3. The normalized spacial score (nSPS) is 23.6. The summed E-state index contributed by atoms with van der Waals surface area (Å²) in [7, 11) is 0. The van der Waals surface area contributed by atoms with Crippen LogP contribution in [0.4, 0.5) is 4.39 Å². The number of hydrogen-bond donors (Lipinski definition) is 1. The smallest absolute Gasteiger partial charge is 0.340 e. The minimum atomic E-state index is -1.66. The maximum atomic E-state index is 13.9. The van der Waals surface area contributed by atoms with Crippen LogP contribution in [0.15, 0.2) is 60.8 Å². The number of hydrogen-bond acceptors (Lipinski definition) is 10. The number of rotatable bonds is 9. The third-order valence-electron chi connectivity index (χ3n) is 6.90. The van der Waals surface area contributed by atoms with Crippen molar-refractivity contribution in [1.29, 1.82) is 0 Å². The molecule has 0 radical (unpaired) electrons. The van der Waals surface area contributed by atoms with Gasteiger partial charge in [0.25, 0.3) is 0 Å². The van der Waals surface area contributed by atoms with E-state index >= 15 is 0 Å². The van der Waals surface area contributed by atoms with E-state index in [1.807, 2.05) is 30.3 Å². The predicted octanol–water partition coefficient (Wildman–Crippen LogP) is 2.51. The molecule has 1 N–H and O–H groups in total. The summed E-state index contributed by atoms with van der Waals surface area (Å²) in [5.74, 6) is -3.03. The molecule has 0 bridgehead atoms. The first-order valence-electron chi connectivity index (χ1n) is 13.7.